The van der Waals surface area contributed by atoms with Crippen LogP contribution in [0.2, 0.25) is 5.02 Å². The Morgan fingerprint density at radius 2 is 1.68 bits per heavy atom. The van der Waals surface area contributed by atoms with Gasteiger partial charge in [-0.2, -0.15) is 0 Å². The second-order valence-corrected chi connectivity index (χ2v) is 6.04. The van der Waals surface area contributed by atoms with Crippen molar-refractivity contribution in [1.29, 1.82) is 0 Å². The highest BCUT2D eigenvalue weighted by Crippen LogP contribution is 2.26. The molecule has 0 unspecified atom stereocenters. The van der Waals surface area contributed by atoms with Gasteiger partial charge >= 0.3 is 0 Å². The van der Waals surface area contributed by atoms with Crippen LogP contribution in [0.15, 0.2) is 30.3 Å². The van der Waals surface area contributed by atoms with Gasteiger partial charge in [-0.1, -0.05) is 11.6 Å². The van der Waals surface area contributed by atoms with E-state index in [1.165, 1.54) is 13.8 Å². The molecule has 114 valence electrons. The Bertz CT molecular complexity index is 755. The molecule has 1 aromatic carbocycles. The Morgan fingerprint density at radius 3 is 2.23 bits per heavy atom. The fourth-order valence-electron chi connectivity index (χ4n) is 1.73. The highest BCUT2D eigenvalue weighted by Gasteiger charge is 2.12. The predicted molar refractivity (Wildman–Crippen MR) is 88.0 cm³/mol. The first kappa shape index (κ1) is 16.2. The van der Waals surface area contributed by atoms with Crippen molar-refractivity contribution in [3.8, 4) is 0 Å². The molecule has 2 amide bonds. The van der Waals surface area contributed by atoms with Crippen LogP contribution in [0.25, 0.3) is 0 Å². The second-order valence-electron chi connectivity index (χ2n) is 4.55. The molecule has 1 heterocycles. The number of halogens is 1. The predicted octanol–water partition coefficient (Wildman–Crippen LogP) is 3.81. The zero-order chi connectivity index (χ0) is 16.3. The van der Waals surface area contributed by atoms with Crippen LogP contribution in [-0.4, -0.2) is 17.6 Å². The van der Waals surface area contributed by atoms with Gasteiger partial charge in [-0.15, -0.1) is 11.3 Å². The zero-order valence-electron chi connectivity index (χ0n) is 11.9. The summed E-state index contributed by atoms with van der Waals surface area (Å²) in [4.78, 5) is 35.3. The standard InChI is InChI=1S/C15H13ClN2O3S/c1-8(19)13-5-6-14(22-13)15(21)18-10-3-4-12(11(16)7-10)17-9(2)20/h3-7H,1-2H3,(H,17,20)(H,18,21). The van der Waals surface area contributed by atoms with Crippen molar-refractivity contribution in [3.05, 3.63) is 45.1 Å². The largest absolute Gasteiger partial charge is 0.325 e. The fourth-order valence-corrected chi connectivity index (χ4v) is 2.75. The molecule has 0 fully saturated rings. The maximum atomic E-state index is 12.1. The lowest BCUT2D eigenvalue weighted by Gasteiger charge is -2.08. The van der Waals surface area contributed by atoms with E-state index < -0.39 is 0 Å². The number of carbonyl (C=O) groups excluding carboxylic acids is 3. The Labute approximate surface area is 136 Å². The fraction of sp³-hybridized carbons (Fsp3) is 0.133. The summed E-state index contributed by atoms with van der Waals surface area (Å²) in [7, 11) is 0. The van der Waals surface area contributed by atoms with Gasteiger partial charge in [-0.05, 0) is 37.3 Å². The summed E-state index contributed by atoms with van der Waals surface area (Å²) < 4.78 is 0. The normalized spacial score (nSPS) is 10.1. The first-order valence-corrected chi connectivity index (χ1v) is 7.55. The minimum atomic E-state index is -0.319. The summed E-state index contributed by atoms with van der Waals surface area (Å²) in [5, 5.41) is 5.60. The third-order valence-corrected chi connectivity index (χ3v) is 4.21. The van der Waals surface area contributed by atoms with E-state index in [1.54, 1.807) is 30.3 Å². The highest BCUT2D eigenvalue weighted by atomic mass is 35.5. The Morgan fingerprint density at radius 1 is 1.00 bits per heavy atom. The van der Waals surface area contributed by atoms with Crippen molar-refractivity contribution in [3.63, 3.8) is 0 Å². The lowest BCUT2D eigenvalue weighted by molar-refractivity contribution is -0.114. The minimum Gasteiger partial charge on any atom is -0.325 e. The highest BCUT2D eigenvalue weighted by molar-refractivity contribution is 7.16. The van der Waals surface area contributed by atoms with E-state index >= 15 is 0 Å². The number of benzene rings is 1. The smallest absolute Gasteiger partial charge is 0.265 e. The molecule has 2 aromatic rings. The summed E-state index contributed by atoms with van der Waals surface area (Å²) in [6, 6.07) is 8.01. The van der Waals surface area contributed by atoms with Crippen LogP contribution in [0.1, 0.15) is 33.2 Å². The number of ketones is 1. The third kappa shape index (κ3) is 3.93. The van der Waals surface area contributed by atoms with Crippen LogP contribution < -0.4 is 10.6 Å². The van der Waals surface area contributed by atoms with E-state index in [2.05, 4.69) is 10.6 Å². The maximum absolute atomic E-state index is 12.1. The van der Waals surface area contributed by atoms with E-state index in [4.69, 9.17) is 11.6 Å². The number of thiophene rings is 1. The molecule has 0 aliphatic rings. The lowest BCUT2D eigenvalue weighted by Crippen LogP contribution is -2.11. The van der Waals surface area contributed by atoms with Gasteiger partial charge in [0.2, 0.25) is 5.91 Å². The third-order valence-electron chi connectivity index (χ3n) is 2.71. The van der Waals surface area contributed by atoms with Crippen molar-refractivity contribution >= 4 is 51.9 Å². The van der Waals surface area contributed by atoms with Crippen molar-refractivity contribution < 1.29 is 14.4 Å². The Hall–Kier alpha value is -2.18. The Balaban J connectivity index is 2.12. The number of nitrogens with one attached hydrogen (secondary N) is 2. The maximum Gasteiger partial charge on any atom is 0.265 e. The molecule has 22 heavy (non-hydrogen) atoms. The summed E-state index contributed by atoms with van der Waals surface area (Å²) in [6.07, 6.45) is 0. The molecule has 0 atom stereocenters. The summed E-state index contributed by atoms with van der Waals surface area (Å²) in [5.74, 6) is -0.623. The van der Waals surface area contributed by atoms with Crippen LogP contribution in [0.3, 0.4) is 0 Å². The number of amides is 2. The molecule has 0 aliphatic heterocycles. The van der Waals surface area contributed by atoms with Crippen molar-refractivity contribution in [1.82, 2.24) is 0 Å². The molecule has 0 bridgehead atoms. The summed E-state index contributed by atoms with van der Waals surface area (Å²) in [5.41, 5.74) is 0.976. The lowest BCUT2D eigenvalue weighted by atomic mass is 10.2. The van der Waals surface area contributed by atoms with E-state index in [9.17, 15) is 14.4 Å². The monoisotopic (exact) mass is 336 g/mol. The number of rotatable bonds is 4. The molecule has 0 saturated heterocycles. The Kier molecular flexibility index (Phi) is 4.95. The average Bonchev–Trinajstić information content (AvgIpc) is 2.91. The quantitative estimate of drug-likeness (QED) is 0.833. The van der Waals surface area contributed by atoms with Gasteiger partial charge in [0.05, 0.1) is 20.5 Å². The van der Waals surface area contributed by atoms with Crippen LogP contribution >= 0.6 is 22.9 Å². The first-order valence-electron chi connectivity index (χ1n) is 6.36. The average molecular weight is 337 g/mol. The van der Waals surface area contributed by atoms with Gasteiger partial charge in [0, 0.05) is 12.6 Å². The van der Waals surface area contributed by atoms with E-state index in [0.29, 0.717) is 26.2 Å². The van der Waals surface area contributed by atoms with E-state index in [1.807, 2.05) is 0 Å². The molecule has 2 rings (SSSR count). The molecule has 0 spiro atoms. The van der Waals surface area contributed by atoms with E-state index in [0.717, 1.165) is 11.3 Å². The first-order chi connectivity index (χ1) is 10.4. The van der Waals surface area contributed by atoms with Crippen molar-refractivity contribution in [2.45, 2.75) is 13.8 Å². The van der Waals surface area contributed by atoms with Gasteiger partial charge in [-0.25, -0.2) is 0 Å². The molecule has 0 radical (unpaired) electrons. The number of anilines is 2. The topological polar surface area (TPSA) is 75.3 Å². The molecule has 0 saturated carbocycles. The van der Waals surface area contributed by atoms with Crippen LogP contribution in [0, 0.1) is 0 Å². The number of carbonyl (C=O) groups is 3. The van der Waals surface area contributed by atoms with Gasteiger partial charge in [-0.3, -0.25) is 14.4 Å². The van der Waals surface area contributed by atoms with E-state index in [-0.39, 0.29) is 17.6 Å². The van der Waals surface area contributed by atoms with Crippen molar-refractivity contribution in [2.75, 3.05) is 10.6 Å². The SMILES string of the molecule is CC(=O)Nc1ccc(NC(=O)c2ccc(C(C)=O)s2)cc1Cl. The van der Waals surface area contributed by atoms with Gasteiger partial charge in [0.1, 0.15) is 0 Å². The van der Waals surface area contributed by atoms with Crippen LogP contribution in [0.4, 0.5) is 11.4 Å². The summed E-state index contributed by atoms with van der Waals surface area (Å²) >= 11 is 7.17. The molecule has 1 aromatic heterocycles. The molecular formula is C15H13ClN2O3S. The summed E-state index contributed by atoms with van der Waals surface area (Å²) in [6.45, 7) is 2.84. The second kappa shape index (κ2) is 6.72. The number of hydrogen-bond acceptors (Lipinski definition) is 4. The molecule has 2 N–H and O–H groups in total. The van der Waals surface area contributed by atoms with Crippen molar-refractivity contribution in [2.24, 2.45) is 0 Å². The number of Topliss-reactive ketones (excluding diaryl/α,β-unsaturated/α-hetero) is 1. The molecule has 0 aliphatic carbocycles. The van der Waals surface area contributed by atoms with Crippen LogP contribution in [-0.2, 0) is 4.79 Å². The van der Waals surface area contributed by atoms with Gasteiger partial charge < -0.3 is 10.6 Å². The van der Waals surface area contributed by atoms with Gasteiger partial charge in [0.25, 0.3) is 5.91 Å². The zero-order valence-corrected chi connectivity index (χ0v) is 13.5. The minimum absolute atomic E-state index is 0.0771. The van der Waals surface area contributed by atoms with Crippen LogP contribution in [0.5, 0.6) is 0 Å². The molecular weight excluding hydrogens is 324 g/mol. The molecule has 7 heteroatoms. The van der Waals surface area contributed by atoms with Gasteiger partial charge in [0.15, 0.2) is 5.78 Å². The number of hydrogen-bond donors (Lipinski definition) is 2. The molecule has 5 nitrogen and oxygen atoms in total.